The van der Waals surface area contributed by atoms with Crippen LogP contribution in [-0.4, -0.2) is 25.9 Å². The van der Waals surface area contributed by atoms with Crippen molar-refractivity contribution in [3.05, 3.63) is 73.8 Å². The first-order chi connectivity index (χ1) is 13.5. The molecular formula is C18H12BrCl2N5OS. The van der Waals surface area contributed by atoms with Crippen molar-refractivity contribution in [1.82, 2.24) is 20.0 Å². The molecule has 2 N–H and O–H groups in total. The first kappa shape index (κ1) is 19.2. The highest BCUT2D eigenvalue weighted by Gasteiger charge is 2.16. The van der Waals surface area contributed by atoms with E-state index in [1.807, 2.05) is 23.6 Å². The first-order valence-corrected chi connectivity index (χ1v) is 10.5. The maximum atomic E-state index is 12.5. The Bertz CT molecular complexity index is 1140. The second-order valence-corrected chi connectivity index (χ2v) is 8.49. The number of aromatic amines is 1. The van der Waals surface area contributed by atoms with E-state index in [-0.39, 0.29) is 11.6 Å². The molecule has 10 heteroatoms. The van der Waals surface area contributed by atoms with Crippen molar-refractivity contribution >= 4 is 62.2 Å². The van der Waals surface area contributed by atoms with E-state index < -0.39 is 0 Å². The van der Waals surface area contributed by atoms with Crippen LogP contribution >= 0.6 is 50.5 Å². The fourth-order valence-corrected chi connectivity index (χ4v) is 3.98. The highest BCUT2D eigenvalue weighted by atomic mass is 79.9. The van der Waals surface area contributed by atoms with Gasteiger partial charge in [0.2, 0.25) is 0 Å². The lowest BCUT2D eigenvalue weighted by molar-refractivity contribution is 0.102. The number of thiophene rings is 1. The van der Waals surface area contributed by atoms with Gasteiger partial charge in [0.05, 0.1) is 31.6 Å². The van der Waals surface area contributed by atoms with Crippen LogP contribution in [0, 0.1) is 0 Å². The minimum atomic E-state index is -0.348. The Labute approximate surface area is 182 Å². The Hall–Kier alpha value is -2.13. The fraction of sp³-hybridized carbons (Fsp3) is 0.0556. The summed E-state index contributed by atoms with van der Waals surface area (Å²) in [6.45, 7) is 0.482. The number of benzene rings is 1. The van der Waals surface area contributed by atoms with Crippen LogP contribution in [0.25, 0.3) is 10.6 Å². The molecule has 6 nitrogen and oxygen atoms in total. The van der Waals surface area contributed by atoms with Crippen LogP contribution in [0.15, 0.2) is 52.4 Å². The number of amides is 1. The number of halogens is 3. The number of hydrogen-bond acceptors (Lipinski definition) is 4. The van der Waals surface area contributed by atoms with Crippen LogP contribution in [0.3, 0.4) is 0 Å². The predicted molar refractivity (Wildman–Crippen MR) is 115 cm³/mol. The van der Waals surface area contributed by atoms with Crippen LogP contribution in [0.4, 0.5) is 5.82 Å². The number of carbonyl (C=O) groups excluding carboxylic acids is 1. The number of anilines is 1. The Morgan fingerprint density at radius 2 is 2.11 bits per heavy atom. The molecule has 4 rings (SSSR count). The molecule has 3 heterocycles. The number of carbonyl (C=O) groups is 1. The third kappa shape index (κ3) is 4.15. The molecule has 0 atom stereocenters. The molecule has 0 radical (unpaired) electrons. The Morgan fingerprint density at radius 1 is 1.25 bits per heavy atom. The lowest BCUT2D eigenvalue weighted by atomic mass is 10.2. The number of nitrogens with zero attached hydrogens (tertiary/aromatic N) is 3. The molecule has 0 aliphatic carbocycles. The summed E-state index contributed by atoms with van der Waals surface area (Å²) in [7, 11) is 0. The van der Waals surface area contributed by atoms with Gasteiger partial charge in [-0.2, -0.15) is 10.2 Å². The van der Waals surface area contributed by atoms with E-state index in [1.54, 1.807) is 40.4 Å². The summed E-state index contributed by atoms with van der Waals surface area (Å²) in [6.07, 6.45) is 1.78. The molecule has 1 aromatic carbocycles. The summed E-state index contributed by atoms with van der Waals surface area (Å²) in [4.78, 5) is 13.5. The van der Waals surface area contributed by atoms with Gasteiger partial charge in [-0.25, -0.2) is 0 Å². The molecule has 0 aliphatic heterocycles. The molecule has 0 aliphatic rings. The summed E-state index contributed by atoms with van der Waals surface area (Å²) in [5.74, 6) is 0.0604. The smallest absolute Gasteiger partial charge is 0.277 e. The lowest BCUT2D eigenvalue weighted by Gasteiger charge is -2.04. The molecule has 0 saturated heterocycles. The third-order valence-electron chi connectivity index (χ3n) is 3.87. The average Bonchev–Trinajstić information content (AvgIpc) is 3.40. The van der Waals surface area contributed by atoms with Crippen molar-refractivity contribution in [2.75, 3.05) is 5.32 Å². The zero-order valence-electron chi connectivity index (χ0n) is 14.1. The van der Waals surface area contributed by atoms with Crippen LogP contribution in [0.5, 0.6) is 0 Å². The van der Waals surface area contributed by atoms with Crippen molar-refractivity contribution in [3.8, 4) is 10.6 Å². The van der Waals surface area contributed by atoms with Gasteiger partial charge in [-0.15, -0.1) is 11.3 Å². The van der Waals surface area contributed by atoms with Crippen molar-refractivity contribution in [3.63, 3.8) is 0 Å². The molecule has 0 spiro atoms. The Kier molecular flexibility index (Phi) is 5.54. The van der Waals surface area contributed by atoms with Crippen LogP contribution in [-0.2, 0) is 6.54 Å². The molecule has 0 unspecified atom stereocenters. The summed E-state index contributed by atoms with van der Waals surface area (Å²) in [6, 6.07) is 11.0. The van der Waals surface area contributed by atoms with Crippen molar-refractivity contribution < 1.29 is 4.79 Å². The van der Waals surface area contributed by atoms with E-state index in [0.29, 0.717) is 26.9 Å². The Balaban J connectivity index is 1.48. The van der Waals surface area contributed by atoms with Crippen molar-refractivity contribution in [1.29, 1.82) is 0 Å². The number of H-pyrrole nitrogens is 1. The van der Waals surface area contributed by atoms with Gasteiger partial charge < -0.3 is 5.32 Å². The van der Waals surface area contributed by atoms with Gasteiger partial charge in [-0.3, -0.25) is 14.6 Å². The molecular weight excluding hydrogens is 485 g/mol. The van der Waals surface area contributed by atoms with Gasteiger partial charge in [0, 0.05) is 6.20 Å². The van der Waals surface area contributed by atoms with E-state index >= 15 is 0 Å². The zero-order chi connectivity index (χ0) is 19.7. The molecule has 0 fully saturated rings. The molecule has 3 aromatic heterocycles. The zero-order valence-corrected chi connectivity index (χ0v) is 18.0. The molecule has 28 heavy (non-hydrogen) atoms. The summed E-state index contributed by atoms with van der Waals surface area (Å²) in [5, 5.41) is 17.1. The summed E-state index contributed by atoms with van der Waals surface area (Å²) < 4.78 is 2.36. The second-order valence-electron chi connectivity index (χ2n) is 5.87. The number of nitrogens with one attached hydrogen (secondary N) is 2. The fourth-order valence-electron chi connectivity index (χ4n) is 2.56. The Morgan fingerprint density at radius 3 is 2.86 bits per heavy atom. The largest absolute Gasteiger partial charge is 0.303 e. The predicted octanol–water partition coefficient (Wildman–Crippen LogP) is 5.70. The molecule has 1 amide bonds. The quantitative estimate of drug-likeness (QED) is 0.371. The van der Waals surface area contributed by atoms with Gasteiger partial charge in [0.25, 0.3) is 5.91 Å². The minimum Gasteiger partial charge on any atom is -0.303 e. The third-order valence-corrected chi connectivity index (χ3v) is 6.10. The maximum absolute atomic E-state index is 12.5. The van der Waals surface area contributed by atoms with Crippen LogP contribution < -0.4 is 5.32 Å². The van der Waals surface area contributed by atoms with E-state index in [4.69, 9.17) is 23.2 Å². The van der Waals surface area contributed by atoms with Gasteiger partial charge in [-0.1, -0.05) is 35.3 Å². The maximum Gasteiger partial charge on any atom is 0.277 e. The molecule has 142 valence electrons. The number of aromatic nitrogens is 4. The van der Waals surface area contributed by atoms with Gasteiger partial charge in [-0.05, 0) is 51.1 Å². The summed E-state index contributed by atoms with van der Waals surface area (Å²) in [5.41, 5.74) is 2.02. The van der Waals surface area contributed by atoms with E-state index in [0.717, 1.165) is 16.1 Å². The highest BCUT2D eigenvalue weighted by molar-refractivity contribution is 9.10. The standard InChI is InChI=1S/C18H12BrCl2N5OS/c19-11-9-26(8-10-3-4-12(20)13(21)6-10)25-17(11)22-18(27)15-7-14(23-24-15)16-2-1-5-28-16/h1-7,9H,8H2,(H,23,24)(H,22,25,27). The lowest BCUT2D eigenvalue weighted by Crippen LogP contribution is -2.13. The SMILES string of the molecule is O=C(Nc1nn(Cc2ccc(Cl)c(Cl)c2)cc1Br)c1cc(-c2cccs2)[nH]n1. The monoisotopic (exact) mass is 495 g/mol. The first-order valence-electron chi connectivity index (χ1n) is 8.07. The number of rotatable bonds is 5. The molecule has 0 saturated carbocycles. The van der Waals surface area contributed by atoms with Gasteiger partial charge >= 0.3 is 0 Å². The van der Waals surface area contributed by atoms with Crippen LogP contribution in [0.2, 0.25) is 10.0 Å². The van der Waals surface area contributed by atoms with E-state index in [2.05, 4.69) is 36.5 Å². The van der Waals surface area contributed by atoms with E-state index in [9.17, 15) is 4.79 Å². The van der Waals surface area contributed by atoms with Crippen molar-refractivity contribution in [2.45, 2.75) is 6.54 Å². The minimum absolute atomic E-state index is 0.286. The van der Waals surface area contributed by atoms with Gasteiger partial charge in [0.15, 0.2) is 11.5 Å². The van der Waals surface area contributed by atoms with Gasteiger partial charge in [0.1, 0.15) is 0 Å². The normalized spacial score (nSPS) is 11.0. The van der Waals surface area contributed by atoms with E-state index in [1.165, 1.54) is 0 Å². The average molecular weight is 497 g/mol. The second kappa shape index (κ2) is 8.08. The topological polar surface area (TPSA) is 75.6 Å². The number of hydrogen-bond donors (Lipinski definition) is 2. The summed E-state index contributed by atoms with van der Waals surface area (Å²) >= 11 is 17.0. The molecule has 4 aromatic rings. The van der Waals surface area contributed by atoms with Crippen molar-refractivity contribution in [2.24, 2.45) is 0 Å². The molecule has 0 bridgehead atoms. The highest BCUT2D eigenvalue weighted by Crippen LogP contribution is 2.26. The van der Waals surface area contributed by atoms with Crippen LogP contribution in [0.1, 0.15) is 16.1 Å².